The summed E-state index contributed by atoms with van der Waals surface area (Å²) in [6, 6.07) is 2.43. The molecular weight excluding hydrogens is 342 g/mol. The van der Waals surface area contributed by atoms with E-state index in [0.717, 1.165) is 43.5 Å². The summed E-state index contributed by atoms with van der Waals surface area (Å²) in [7, 11) is 0. The summed E-state index contributed by atoms with van der Waals surface area (Å²) in [6.45, 7) is 2.58. The fourth-order valence-electron chi connectivity index (χ4n) is 4.93. The van der Waals surface area contributed by atoms with Gasteiger partial charge in [-0.15, -0.1) is 0 Å². The summed E-state index contributed by atoms with van der Waals surface area (Å²) in [5, 5.41) is 6.51. The number of fused-ring (bicyclic) bond motifs is 1. The predicted octanol–water partition coefficient (Wildman–Crippen LogP) is 2.19. The van der Waals surface area contributed by atoms with E-state index < -0.39 is 0 Å². The number of imidazole rings is 1. The van der Waals surface area contributed by atoms with Crippen LogP contribution in [0.25, 0.3) is 11.2 Å². The van der Waals surface area contributed by atoms with Gasteiger partial charge >= 0.3 is 0 Å². The largest absolute Gasteiger partial charge is 0.373 e. The number of amides is 1. The van der Waals surface area contributed by atoms with E-state index in [1.807, 2.05) is 12.4 Å². The van der Waals surface area contributed by atoms with Crippen molar-refractivity contribution in [3.8, 4) is 0 Å². The molecule has 1 saturated carbocycles. The van der Waals surface area contributed by atoms with Crippen molar-refractivity contribution < 1.29 is 9.53 Å². The predicted molar refractivity (Wildman–Crippen MR) is 102 cm³/mol. The summed E-state index contributed by atoms with van der Waals surface area (Å²) in [4.78, 5) is 21.8. The Morgan fingerprint density at radius 1 is 1.26 bits per heavy atom. The van der Waals surface area contributed by atoms with Crippen LogP contribution in [-0.2, 0) is 4.74 Å². The Hall–Kier alpha value is -1.99. The summed E-state index contributed by atoms with van der Waals surface area (Å²) >= 11 is 0. The number of hydrogen-bond donors (Lipinski definition) is 2. The van der Waals surface area contributed by atoms with Crippen molar-refractivity contribution >= 4 is 17.1 Å². The molecular formula is C20H27N5O2. The molecule has 3 aliphatic rings. The number of rotatable bonds is 3. The Bertz CT molecular complexity index is 836. The molecule has 2 aromatic heterocycles. The van der Waals surface area contributed by atoms with Crippen LogP contribution in [0.2, 0.25) is 0 Å². The zero-order valence-corrected chi connectivity index (χ0v) is 15.6. The fraction of sp³-hybridized carbons (Fsp3) is 0.650. The zero-order chi connectivity index (χ0) is 18.3. The number of aromatic nitrogens is 3. The quantitative estimate of drug-likeness (QED) is 0.867. The SMILES string of the molecule is O=C(NC1COC2(CCNCC2)C1)c1cnc2c(c1)ncn2C1CCCC1. The maximum atomic E-state index is 12.7. The van der Waals surface area contributed by atoms with Crippen molar-refractivity contribution in [1.82, 2.24) is 25.2 Å². The molecule has 1 atom stereocenters. The van der Waals surface area contributed by atoms with E-state index >= 15 is 0 Å². The third-order valence-electron chi connectivity index (χ3n) is 6.45. The van der Waals surface area contributed by atoms with Crippen LogP contribution in [0.3, 0.4) is 0 Å². The highest BCUT2D eigenvalue weighted by Crippen LogP contribution is 2.34. The third kappa shape index (κ3) is 3.23. The normalized spacial score (nSPS) is 25.4. The van der Waals surface area contributed by atoms with Crippen LogP contribution in [0.1, 0.15) is 61.3 Å². The average molecular weight is 369 g/mol. The molecule has 2 aliphatic heterocycles. The molecule has 3 fully saturated rings. The van der Waals surface area contributed by atoms with Crippen LogP contribution in [-0.4, -0.2) is 51.8 Å². The van der Waals surface area contributed by atoms with E-state index in [4.69, 9.17) is 4.74 Å². The molecule has 1 unspecified atom stereocenters. The minimum Gasteiger partial charge on any atom is -0.373 e. The number of pyridine rings is 1. The number of hydrogen-bond acceptors (Lipinski definition) is 5. The molecule has 2 aromatic rings. The van der Waals surface area contributed by atoms with Gasteiger partial charge in [0.15, 0.2) is 5.65 Å². The smallest absolute Gasteiger partial charge is 0.253 e. The summed E-state index contributed by atoms with van der Waals surface area (Å²) in [5.41, 5.74) is 2.21. The van der Waals surface area contributed by atoms with E-state index in [0.29, 0.717) is 18.2 Å². The Kier molecular flexibility index (Phi) is 4.36. The Balaban J connectivity index is 1.28. The van der Waals surface area contributed by atoms with Gasteiger partial charge in [-0.2, -0.15) is 0 Å². The molecule has 7 heteroatoms. The summed E-state index contributed by atoms with van der Waals surface area (Å²) in [6.07, 6.45) is 11.4. The first-order valence-electron chi connectivity index (χ1n) is 10.2. The molecule has 1 amide bonds. The van der Waals surface area contributed by atoms with Crippen molar-refractivity contribution in [3.63, 3.8) is 0 Å². The molecule has 27 heavy (non-hydrogen) atoms. The van der Waals surface area contributed by atoms with Crippen molar-refractivity contribution in [2.24, 2.45) is 0 Å². The topological polar surface area (TPSA) is 81.1 Å². The van der Waals surface area contributed by atoms with Crippen LogP contribution in [0.15, 0.2) is 18.6 Å². The fourth-order valence-corrected chi connectivity index (χ4v) is 4.93. The number of nitrogens with one attached hydrogen (secondary N) is 2. The van der Waals surface area contributed by atoms with Gasteiger partial charge in [-0.05, 0) is 51.3 Å². The van der Waals surface area contributed by atoms with Crippen LogP contribution in [0.4, 0.5) is 0 Å². The number of carbonyl (C=O) groups is 1. The lowest BCUT2D eigenvalue weighted by molar-refractivity contribution is -0.0194. The minimum atomic E-state index is -0.0839. The van der Waals surface area contributed by atoms with Crippen molar-refractivity contribution in [2.45, 2.75) is 62.6 Å². The molecule has 1 aliphatic carbocycles. The highest BCUT2D eigenvalue weighted by molar-refractivity contribution is 5.96. The number of nitrogens with zero attached hydrogens (tertiary/aromatic N) is 3. The first-order valence-corrected chi connectivity index (χ1v) is 10.2. The average Bonchev–Trinajstić information content (AvgIpc) is 3.42. The standard InChI is InChI=1S/C20H27N5O2/c26-19(24-15-10-20(27-12-15)5-7-21-8-6-20)14-9-17-18(22-11-14)25(13-23-17)16-3-1-2-4-16/h9,11,13,15-16,21H,1-8,10,12H2,(H,24,26). The number of piperidine rings is 1. The van der Waals surface area contributed by atoms with Gasteiger partial charge in [-0.25, -0.2) is 9.97 Å². The van der Waals surface area contributed by atoms with E-state index in [-0.39, 0.29) is 17.6 Å². The van der Waals surface area contributed by atoms with Gasteiger partial charge in [-0.1, -0.05) is 12.8 Å². The van der Waals surface area contributed by atoms with E-state index in [1.54, 1.807) is 6.20 Å². The summed E-state index contributed by atoms with van der Waals surface area (Å²) < 4.78 is 8.25. The molecule has 1 spiro atoms. The first-order chi connectivity index (χ1) is 13.2. The highest BCUT2D eigenvalue weighted by Gasteiger charge is 2.41. The lowest BCUT2D eigenvalue weighted by atomic mass is 9.88. The van der Waals surface area contributed by atoms with Crippen LogP contribution >= 0.6 is 0 Å². The Morgan fingerprint density at radius 2 is 2.07 bits per heavy atom. The van der Waals surface area contributed by atoms with Gasteiger partial charge in [0.25, 0.3) is 5.91 Å². The van der Waals surface area contributed by atoms with Crippen LogP contribution in [0.5, 0.6) is 0 Å². The highest BCUT2D eigenvalue weighted by atomic mass is 16.5. The van der Waals surface area contributed by atoms with Gasteiger partial charge < -0.3 is 19.9 Å². The molecule has 144 valence electrons. The second kappa shape index (κ2) is 6.87. The maximum Gasteiger partial charge on any atom is 0.253 e. The Morgan fingerprint density at radius 3 is 2.89 bits per heavy atom. The van der Waals surface area contributed by atoms with Gasteiger partial charge in [0, 0.05) is 12.2 Å². The second-order valence-corrected chi connectivity index (χ2v) is 8.28. The number of ether oxygens (including phenoxy) is 1. The van der Waals surface area contributed by atoms with Crippen molar-refractivity contribution in [1.29, 1.82) is 0 Å². The Labute approximate surface area is 158 Å². The van der Waals surface area contributed by atoms with Gasteiger partial charge in [0.2, 0.25) is 0 Å². The third-order valence-corrected chi connectivity index (χ3v) is 6.45. The van der Waals surface area contributed by atoms with Gasteiger partial charge in [0.05, 0.1) is 30.1 Å². The molecule has 0 bridgehead atoms. The molecule has 2 N–H and O–H groups in total. The number of carbonyl (C=O) groups excluding carboxylic acids is 1. The monoisotopic (exact) mass is 369 g/mol. The van der Waals surface area contributed by atoms with Gasteiger partial charge in [0.1, 0.15) is 5.52 Å². The van der Waals surface area contributed by atoms with E-state index in [1.165, 1.54) is 25.7 Å². The lowest BCUT2D eigenvalue weighted by Crippen LogP contribution is -2.43. The second-order valence-electron chi connectivity index (χ2n) is 8.28. The van der Waals surface area contributed by atoms with Gasteiger partial charge in [-0.3, -0.25) is 4.79 Å². The molecule has 7 nitrogen and oxygen atoms in total. The van der Waals surface area contributed by atoms with Crippen molar-refractivity contribution in [3.05, 3.63) is 24.2 Å². The lowest BCUT2D eigenvalue weighted by Gasteiger charge is -2.32. The van der Waals surface area contributed by atoms with Crippen LogP contribution in [0, 0.1) is 0 Å². The van der Waals surface area contributed by atoms with E-state index in [2.05, 4.69) is 25.2 Å². The van der Waals surface area contributed by atoms with Crippen molar-refractivity contribution in [2.75, 3.05) is 19.7 Å². The summed E-state index contributed by atoms with van der Waals surface area (Å²) in [5.74, 6) is -0.0839. The van der Waals surface area contributed by atoms with Crippen LogP contribution < -0.4 is 10.6 Å². The molecule has 5 rings (SSSR count). The minimum absolute atomic E-state index is 0.0501. The molecule has 4 heterocycles. The molecule has 0 radical (unpaired) electrons. The first kappa shape index (κ1) is 17.1. The maximum absolute atomic E-state index is 12.7. The molecule has 2 saturated heterocycles. The van der Waals surface area contributed by atoms with E-state index in [9.17, 15) is 4.79 Å². The molecule has 0 aromatic carbocycles. The zero-order valence-electron chi connectivity index (χ0n) is 15.6.